The quantitative estimate of drug-likeness (QED) is 0.906. The van der Waals surface area contributed by atoms with Crippen molar-refractivity contribution in [2.75, 3.05) is 17.1 Å². The summed E-state index contributed by atoms with van der Waals surface area (Å²) >= 11 is 0. The van der Waals surface area contributed by atoms with Crippen LogP contribution in [0.25, 0.3) is 0 Å². The molecule has 2 aromatic rings. The molecular formula is C18H20N2O4S. The molecule has 1 unspecified atom stereocenters. The molecule has 1 aliphatic rings. The second-order valence-corrected chi connectivity index (χ2v) is 7.92. The highest BCUT2D eigenvalue weighted by Crippen LogP contribution is 2.34. The average molecular weight is 360 g/mol. The van der Waals surface area contributed by atoms with E-state index in [1.807, 2.05) is 37.3 Å². The largest absolute Gasteiger partial charge is 0.476 e. The third-order valence-corrected chi connectivity index (χ3v) is 5.23. The summed E-state index contributed by atoms with van der Waals surface area (Å²) in [5, 5.41) is 2.88. The first-order valence-corrected chi connectivity index (χ1v) is 9.80. The molecule has 6 nitrogen and oxygen atoms in total. The first-order chi connectivity index (χ1) is 11.9. The monoisotopic (exact) mass is 360 g/mol. The molecule has 0 bridgehead atoms. The van der Waals surface area contributed by atoms with Crippen molar-refractivity contribution < 1.29 is 17.9 Å². The van der Waals surface area contributed by atoms with Crippen LogP contribution in [-0.4, -0.2) is 33.2 Å². The minimum absolute atomic E-state index is 0.0524. The van der Waals surface area contributed by atoms with Crippen molar-refractivity contribution in [3.05, 3.63) is 60.2 Å². The molecule has 0 aliphatic carbocycles. The molecule has 2 aromatic carbocycles. The highest BCUT2D eigenvalue weighted by atomic mass is 32.2. The molecule has 3 rings (SSSR count). The standard InChI is InChI=1S/C18H20N2O4S/c1-13(14-8-4-3-5-9-14)19-18(21)17-12-20(25(2,22)23)15-10-6-7-11-16(15)24-17/h3-11,13,17H,12H2,1-2H3,(H,19,21)/t13-,17?/m1/s1. The number of hydrogen-bond donors (Lipinski definition) is 1. The Bertz CT molecular complexity index is 868. The van der Waals surface area contributed by atoms with Gasteiger partial charge in [-0.2, -0.15) is 0 Å². The molecule has 1 N–H and O–H groups in total. The molecule has 0 aromatic heterocycles. The highest BCUT2D eigenvalue weighted by Gasteiger charge is 2.35. The topological polar surface area (TPSA) is 75.7 Å². The van der Waals surface area contributed by atoms with E-state index in [1.165, 1.54) is 4.31 Å². The van der Waals surface area contributed by atoms with Gasteiger partial charge in [0.2, 0.25) is 10.0 Å². The summed E-state index contributed by atoms with van der Waals surface area (Å²) in [5.41, 5.74) is 1.41. The number of amides is 1. The molecule has 0 saturated heterocycles. The third-order valence-electron chi connectivity index (χ3n) is 4.09. The van der Waals surface area contributed by atoms with Gasteiger partial charge >= 0.3 is 0 Å². The number of rotatable bonds is 4. The van der Waals surface area contributed by atoms with E-state index in [-0.39, 0.29) is 18.5 Å². The van der Waals surface area contributed by atoms with E-state index in [9.17, 15) is 13.2 Å². The number of para-hydroxylation sites is 2. The smallest absolute Gasteiger partial charge is 0.263 e. The maximum absolute atomic E-state index is 12.6. The first kappa shape index (κ1) is 17.3. The van der Waals surface area contributed by atoms with Crippen molar-refractivity contribution >= 4 is 21.6 Å². The van der Waals surface area contributed by atoms with E-state index < -0.39 is 16.1 Å². The van der Waals surface area contributed by atoms with E-state index in [4.69, 9.17) is 4.74 Å². The Morgan fingerprint density at radius 3 is 2.48 bits per heavy atom. The summed E-state index contributed by atoms with van der Waals surface area (Å²) in [6, 6.07) is 16.1. The van der Waals surface area contributed by atoms with Crippen LogP contribution in [0.15, 0.2) is 54.6 Å². The Labute approximate surface area is 147 Å². The summed E-state index contributed by atoms with van der Waals surface area (Å²) in [5.74, 6) is 0.0335. The fourth-order valence-electron chi connectivity index (χ4n) is 2.78. The third kappa shape index (κ3) is 3.76. The number of carbonyl (C=O) groups excluding carboxylic acids is 1. The van der Waals surface area contributed by atoms with Crippen LogP contribution in [-0.2, 0) is 14.8 Å². The van der Waals surface area contributed by atoms with E-state index in [1.54, 1.807) is 24.3 Å². The van der Waals surface area contributed by atoms with Gasteiger partial charge < -0.3 is 10.1 Å². The van der Waals surface area contributed by atoms with Crippen LogP contribution < -0.4 is 14.4 Å². The number of sulfonamides is 1. The number of nitrogens with zero attached hydrogens (tertiary/aromatic N) is 1. The van der Waals surface area contributed by atoms with Gasteiger partial charge in [0.15, 0.2) is 6.10 Å². The highest BCUT2D eigenvalue weighted by molar-refractivity contribution is 7.92. The van der Waals surface area contributed by atoms with Gasteiger partial charge in [0.05, 0.1) is 24.5 Å². The number of carbonyl (C=O) groups is 1. The van der Waals surface area contributed by atoms with Gasteiger partial charge in [-0.25, -0.2) is 8.42 Å². The van der Waals surface area contributed by atoms with Crippen LogP contribution in [0.1, 0.15) is 18.5 Å². The maximum Gasteiger partial charge on any atom is 0.263 e. The van der Waals surface area contributed by atoms with Crippen LogP contribution >= 0.6 is 0 Å². The minimum atomic E-state index is -3.51. The second-order valence-electron chi connectivity index (χ2n) is 6.01. The van der Waals surface area contributed by atoms with Gasteiger partial charge in [0.1, 0.15) is 5.75 Å². The normalized spacial score (nSPS) is 18.0. The molecule has 1 heterocycles. The van der Waals surface area contributed by atoms with Crippen LogP contribution in [0, 0.1) is 0 Å². The van der Waals surface area contributed by atoms with Crippen molar-refractivity contribution in [2.45, 2.75) is 19.1 Å². The molecule has 0 spiro atoms. The first-order valence-electron chi connectivity index (χ1n) is 7.95. The average Bonchev–Trinajstić information content (AvgIpc) is 2.60. The van der Waals surface area contributed by atoms with Crippen molar-refractivity contribution in [2.24, 2.45) is 0 Å². The van der Waals surface area contributed by atoms with Crippen molar-refractivity contribution in [1.82, 2.24) is 5.32 Å². The Morgan fingerprint density at radius 2 is 1.80 bits per heavy atom. The number of benzene rings is 2. The van der Waals surface area contributed by atoms with Crippen molar-refractivity contribution in [3.8, 4) is 5.75 Å². The zero-order chi connectivity index (χ0) is 18.0. The van der Waals surface area contributed by atoms with Crippen molar-refractivity contribution in [3.63, 3.8) is 0 Å². The van der Waals surface area contributed by atoms with E-state index in [0.717, 1.165) is 11.8 Å². The van der Waals surface area contributed by atoms with E-state index >= 15 is 0 Å². The molecule has 0 saturated carbocycles. The molecule has 2 atom stereocenters. The Balaban J connectivity index is 1.80. The summed E-state index contributed by atoms with van der Waals surface area (Å²) in [7, 11) is -3.51. The number of nitrogens with one attached hydrogen (secondary N) is 1. The fraction of sp³-hybridized carbons (Fsp3) is 0.278. The molecule has 132 valence electrons. The Kier molecular flexibility index (Phi) is 4.67. The molecular weight excluding hydrogens is 340 g/mol. The molecule has 1 aliphatic heterocycles. The predicted octanol–water partition coefficient (Wildman–Crippen LogP) is 2.09. The maximum atomic E-state index is 12.6. The van der Waals surface area contributed by atoms with Crippen molar-refractivity contribution in [1.29, 1.82) is 0 Å². The van der Waals surface area contributed by atoms with Gasteiger partial charge in [-0.3, -0.25) is 9.10 Å². The number of ether oxygens (including phenoxy) is 1. The predicted molar refractivity (Wildman–Crippen MR) is 96.0 cm³/mol. The summed E-state index contributed by atoms with van der Waals surface area (Å²) in [6.07, 6.45) is 0.215. The van der Waals surface area contributed by atoms with E-state index in [2.05, 4.69) is 5.32 Å². The SMILES string of the molecule is C[C@@H](NC(=O)C1CN(S(C)(=O)=O)c2ccccc2O1)c1ccccc1. The minimum Gasteiger partial charge on any atom is -0.476 e. The summed E-state index contributed by atoms with van der Waals surface area (Å²) < 4.78 is 31.1. The molecule has 0 fully saturated rings. The lowest BCUT2D eigenvalue weighted by Gasteiger charge is -2.34. The molecule has 25 heavy (non-hydrogen) atoms. The van der Waals surface area contributed by atoms with Gasteiger partial charge in [0, 0.05) is 0 Å². The Hall–Kier alpha value is -2.54. The van der Waals surface area contributed by atoms with Crippen LogP contribution in [0.3, 0.4) is 0 Å². The van der Waals surface area contributed by atoms with Crippen LogP contribution in [0.2, 0.25) is 0 Å². The van der Waals surface area contributed by atoms with E-state index in [0.29, 0.717) is 11.4 Å². The van der Waals surface area contributed by atoms with Crippen LogP contribution in [0.4, 0.5) is 5.69 Å². The molecule has 1 amide bonds. The van der Waals surface area contributed by atoms with Gasteiger partial charge in [0.25, 0.3) is 5.91 Å². The lowest BCUT2D eigenvalue weighted by atomic mass is 10.1. The lowest BCUT2D eigenvalue weighted by molar-refractivity contribution is -0.128. The number of hydrogen-bond acceptors (Lipinski definition) is 4. The van der Waals surface area contributed by atoms with Gasteiger partial charge in [-0.1, -0.05) is 42.5 Å². The Morgan fingerprint density at radius 1 is 1.16 bits per heavy atom. The summed E-state index contributed by atoms with van der Waals surface area (Å²) in [4.78, 5) is 12.6. The van der Waals surface area contributed by atoms with Crippen LogP contribution in [0.5, 0.6) is 5.75 Å². The van der Waals surface area contributed by atoms with Gasteiger partial charge in [-0.05, 0) is 24.6 Å². The lowest BCUT2D eigenvalue weighted by Crippen LogP contribution is -2.50. The van der Waals surface area contributed by atoms with Gasteiger partial charge in [-0.15, -0.1) is 0 Å². The molecule has 7 heteroatoms. The summed E-state index contributed by atoms with van der Waals surface area (Å²) in [6.45, 7) is 1.82. The second kappa shape index (κ2) is 6.76. The fourth-order valence-corrected chi connectivity index (χ4v) is 3.70. The molecule has 0 radical (unpaired) electrons. The zero-order valence-electron chi connectivity index (χ0n) is 14.0. The number of anilines is 1. The number of fused-ring (bicyclic) bond motifs is 1. The zero-order valence-corrected chi connectivity index (χ0v) is 14.9.